The van der Waals surface area contributed by atoms with Gasteiger partial charge in [-0.05, 0) is 12.1 Å². The molecule has 2 N–H and O–H groups in total. The normalized spacial score (nSPS) is 10.2. The van der Waals surface area contributed by atoms with Crippen LogP contribution in [0.2, 0.25) is 0 Å². The first-order valence-corrected chi connectivity index (χ1v) is 6.72. The van der Waals surface area contributed by atoms with Crippen molar-refractivity contribution < 1.29 is 14.3 Å². The van der Waals surface area contributed by atoms with E-state index in [9.17, 15) is 9.59 Å². The van der Waals surface area contributed by atoms with Crippen LogP contribution < -0.4 is 10.6 Å². The second-order valence-electron chi connectivity index (χ2n) is 4.41. The summed E-state index contributed by atoms with van der Waals surface area (Å²) in [5.74, 6) is -0.745. The molecule has 0 atom stereocenters. The lowest BCUT2D eigenvalue weighted by Gasteiger charge is -2.04. The average Bonchev–Trinajstić information content (AvgIpc) is 3.04. The monoisotopic (exact) mass is 303 g/mol. The molecule has 1 heterocycles. The Morgan fingerprint density at radius 2 is 2.00 bits per heavy atom. The molecule has 0 aliphatic rings. The first-order valence-electron chi connectivity index (χ1n) is 6.72. The van der Waals surface area contributed by atoms with Crippen LogP contribution >= 0.6 is 0 Å². The molecule has 1 aromatic heterocycles. The number of aromatic nitrogens is 3. The van der Waals surface area contributed by atoms with Crippen molar-refractivity contribution in [3.63, 3.8) is 0 Å². The molecule has 0 bridgehead atoms. The number of carbonyl (C=O) groups is 2. The maximum Gasteiger partial charge on any atom is 0.273 e. The number of nitrogens with zero attached hydrogens (tertiary/aromatic N) is 3. The number of amides is 2. The molecule has 2 amide bonds. The molecule has 0 saturated carbocycles. The second kappa shape index (κ2) is 7.89. The molecule has 8 nitrogen and oxygen atoms in total. The van der Waals surface area contributed by atoms with Gasteiger partial charge in [-0.15, -0.1) is 5.10 Å². The third-order valence-electron chi connectivity index (χ3n) is 2.78. The lowest BCUT2D eigenvalue weighted by Crippen LogP contribution is -2.38. The van der Waals surface area contributed by atoms with Gasteiger partial charge in [0.15, 0.2) is 5.69 Å². The lowest BCUT2D eigenvalue weighted by atomic mass is 10.3. The number of benzene rings is 1. The van der Waals surface area contributed by atoms with Gasteiger partial charge in [-0.2, -0.15) is 0 Å². The molecule has 116 valence electrons. The Morgan fingerprint density at radius 3 is 2.73 bits per heavy atom. The van der Waals surface area contributed by atoms with E-state index in [4.69, 9.17) is 4.74 Å². The van der Waals surface area contributed by atoms with Crippen LogP contribution in [-0.2, 0) is 9.53 Å². The topological polar surface area (TPSA) is 98.1 Å². The highest BCUT2D eigenvalue weighted by Gasteiger charge is 2.12. The minimum atomic E-state index is -0.455. The van der Waals surface area contributed by atoms with Gasteiger partial charge in [0.25, 0.3) is 5.91 Å². The summed E-state index contributed by atoms with van der Waals surface area (Å²) >= 11 is 0. The number of rotatable bonds is 7. The third kappa shape index (κ3) is 4.38. The fraction of sp³-hybridized carbons (Fsp3) is 0.286. The molecule has 22 heavy (non-hydrogen) atoms. The first kappa shape index (κ1) is 15.6. The number of hydrogen-bond acceptors (Lipinski definition) is 5. The minimum absolute atomic E-state index is 0.124. The molecular formula is C14H17N5O3. The van der Waals surface area contributed by atoms with Gasteiger partial charge in [-0.3, -0.25) is 9.59 Å². The highest BCUT2D eigenvalue weighted by Crippen LogP contribution is 2.05. The summed E-state index contributed by atoms with van der Waals surface area (Å²) in [5, 5.41) is 12.8. The van der Waals surface area contributed by atoms with Gasteiger partial charge in [0.05, 0.1) is 25.0 Å². The van der Waals surface area contributed by atoms with Gasteiger partial charge in [0.2, 0.25) is 5.91 Å². The number of hydrogen-bond donors (Lipinski definition) is 2. The van der Waals surface area contributed by atoms with Crippen LogP contribution in [0.1, 0.15) is 10.5 Å². The largest absolute Gasteiger partial charge is 0.383 e. The van der Waals surface area contributed by atoms with Crippen molar-refractivity contribution >= 4 is 11.8 Å². The standard InChI is InChI=1S/C14H17N5O3/c1-22-8-7-15-13(20)9-16-14(21)12-10-19(18-17-12)11-5-3-2-4-6-11/h2-6,10H,7-9H2,1H3,(H,15,20)(H,16,21). The molecule has 2 aromatic rings. The van der Waals surface area contributed by atoms with E-state index < -0.39 is 5.91 Å². The Labute approximate surface area is 127 Å². The molecule has 8 heteroatoms. The van der Waals surface area contributed by atoms with Crippen LogP contribution in [0, 0.1) is 0 Å². The number of nitrogens with one attached hydrogen (secondary N) is 2. The molecule has 0 aliphatic carbocycles. The summed E-state index contributed by atoms with van der Waals surface area (Å²) in [6.07, 6.45) is 1.51. The minimum Gasteiger partial charge on any atom is -0.383 e. The van der Waals surface area contributed by atoms with Crippen molar-refractivity contribution in [1.82, 2.24) is 25.6 Å². The number of carbonyl (C=O) groups excluding carboxylic acids is 2. The maximum absolute atomic E-state index is 11.9. The van der Waals surface area contributed by atoms with Crippen molar-refractivity contribution in [2.75, 3.05) is 26.8 Å². The van der Waals surface area contributed by atoms with Gasteiger partial charge in [-0.25, -0.2) is 4.68 Å². The van der Waals surface area contributed by atoms with E-state index in [1.807, 2.05) is 30.3 Å². The summed E-state index contributed by atoms with van der Waals surface area (Å²) in [4.78, 5) is 23.3. The SMILES string of the molecule is COCCNC(=O)CNC(=O)c1cn(-c2ccccc2)nn1. The summed E-state index contributed by atoms with van der Waals surface area (Å²) in [6, 6.07) is 9.30. The molecule has 0 saturated heterocycles. The molecule has 1 aromatic carbocycles. The van der Waals surface area contributed by atoms with Crippen molar-refractivity contribution in [1.29, 1.82) is 0 Å². The fourth-order valence-electron chi connectivity index (χ4n) is 1.68. The number of methoxy groups -OCH3 is 1. The van der Waals surface area contributed by atoms with Crippen LogP contribution in [0.4, 0.5) is 0 Å². The van der Waals surface area contributed by atoms with Gasteiger partial charge in [0, 0.05) is 13.7 Å². The Hall–Kier alpha value is -2.74. The Bertz CT molecular complexity index is 626. The number of ether oxygens (including phenoxy) is 1. The predicted molar refractivity (Wildman–Crippen MR) is 78.6 cm³/mol. The van der Waals surface area contributed by atoms with Crippen LogP contribution in [0.25, 0.3) is 5.69 Å². The van der Waals surface area contributed by atoms with Gasteiger partial charge < -0.3 is 15.4 Å². The highest BCUT2D eigenvalue weighted by molar-refractivity contribution is 5.94. The van der Waals surface area contributed by atoms with Crippen molar-refractivity contribution in [2.45, 2.75) is 0 Å². The van der Waals surface area contributed by atoms with E-state index in [0.29, 0.717) is 13.2 Å². The average molecular weight is 303 g/mol. The third-order valence-corrected chi connectivity index (χ3v) is 2.78. The predicted octanol–water partition coefficient (Wildman–Crippen LogP) is -0.240. The van der Waals surface area contributed by atoms with E-state index in [0.717, 1.165) is 5.69 Å². The quantitative estimate of drug-likeness (QED) is 0.688. The van der Waals surface area contributed by atoms with E-state index in [-0.39, 0.29) is 18.1 Å². The van der Waals surface area contributed by atoms with Crippen LogP contribution in [0.3, 0.4) is 0 Å². The van der Waals surface area contributed by atoms with Crippen LogP contribution in [0.15, 0.2) is 36.5 Å². The van der Waals surface area contributed by atoms with Gasteiger partial charge >= 0.3 is 0 Å². The van der Waals surface area contributed by atoms with Crippen LogP contribution in [-0.4, -0.2) is 53.6 Å². The van der Waals surface area contributed by atoms with Crippen molar-refractivity contribution in [3.8, 4) is 5.69 Å². The smallest absolute Gasteiger partial charge is 0.273 e. The summed E-state index contributed by atoms with van der Waals surface area (Å²) < 4.78 is 6.30. The Balaban J connectivity index is 1.86. The molecule has 0 fully saturated rings. The molecular weight excluding hydrogens is 286 g/mol. The summed E-state index contributed by atoms with van der Waals surface area (Å²) in [6.45, 7) is 0.696. The summed E-state index contributed by atoms with van der Waals surface area (Å²) in [5.41, 5.74) is 0.944. The van der Waals surface area contributed by atoms with Gasteiger partial charge in [0.1, 0.15) is 0 Å². The molecule has 0 radical (unpaired) electrons. The lowest BCUT2D eigenvalue weighted by molar-refractivity contribution is -0.120. The van der Waals surface area contributed by atoms with E-state index in [2.05, 4.69) is 20.9 Å². The maximum atomic E-state index is 11.9. The zero-order chi connectivity index (χ0) is 15.8. The molecule has 0 aliphatic heterocycles. The molecule has 0 spiro atoms. The molecule has 0 unspecified atom stereocenters. The summed E-state index contributed by atoms with van der Waals surface area (Å²) in [7, 11) is 1.55. The Morgan fingerprint density at radius 1 is 1.23 bits per heavy atom. The van der Waals surface area contributed by atoms with Crippen molar-refractivity contribution in [3.05, 3.63) is 42.2 Å². The Kier molecular flexibility index (Phi) is 5.61. The van der Waals surface area contributed by atoms with E-state index in [1.165, 1.54) is 10.9 Å². The fourth-order valence-corrected chi connectivity index (χ4v) is 1.68. The number of para-hydroxylation sites is 1. The zero-order valence-electron chi connectivity index (χ0n) is 12.2. The van der Waals surface area contributed by atoms with E-state index in [1.54, 1.807) is 7.11 Å². The van der Waals surface area contributed by atoms with Crippen molar-refractivity contribution in [2.24, 2.45) is 0 Å². The molecule has 2 rings (SSSR count). The van der Waals surface area contributed by atoms with E-state index >= 15 is 0 Å². The highest BCUT2D eigenvalue weighted by atomic mass is 16.5. The zero-order valence-corrected chi connectivity index (χ0v) is 12.2. The van der Waals surface area contributed by atoms with Crippen LogP contribution in [0.5, 0.6) is 0 Å². The van der Waals surface area contributed by atoms with Gasteiger partial charge in [-0.1, -0.05) is 23.4 Å². The first-order chi connectivity index (χ1) is 10.7. The second-order valence-corrected chi connectivity index (χ2v) is 4.41.